The molecule has 8 bridgehead atoms. The molecule has 52 heavy (non-hydrogen) atoms. The first-order valence-electron chi connectivity index (χ1n) is 19.3. The van der Waals surface area contributed by atoms with Crippen LogP contribution >= 0.6 is 0 Å². The van der Waals surface area contributed by atoms with Crippen LogP contribution in [0.2, 0.25) is 0 Å². The molecule has 1 fully saturated rings. The van der Waals surface area contributed by atoms with Crippen LogP contribution in [0, 0.1) is 11.8 Å². The molecule has 0 aromatic carbocycles. The van der Waals surface area contributed by atoms with Crippen molar-refractivity contribution in [2.45, 2.75) is 119 Å². The first kappa shape index (κ1) is 37.2. The summed E-state index contributed by atoms with van der Waals surface area (Å²) in [5, 5.41) is 15.2. The summed E-state index contributed by atoms with van der Waals surface area (Å²) in [5.41, 5.74) is 14.0. The maximum Gasteiger partial charge on any atom is 0.306 e. The summed E-state index contributed by atoms with van der Waals surface area (Å²) in [4.78, 5) is 40.2. The van der Waals surface area contributed by atoms with E-state index in [2.05, 4.69) is 59.0 Å². The lowest BCUT2D eigenvalue weighted by Crippen LogP contribution is -2.15. The normalized spacial score (nSPS) is 22.1. The van der Waals surface area contributed by atoms with Crippen LogP contribution < -0.4 is 5.32 Å². The molecule has 276 valence electrons. The third-order valence-electron chi connectivity index (χ3n) is 11.2. The van der Waals surface area contributed by atoms with Crippen LogP contribution in [0.4, 0.5) is 0 Å². The van der Waals surface area contributed by atoms with E-state index in [1.807, 2.05) is 13.0 Å². The van der Waals surface area contributed by atoms with Crippen molar-refractivity contribution in [1.82, 2.24) is 5.32 Å². The fourth-order valence-electron chi connectivity index (χ4n) is 7.93. The van der Waals surface area contributed by atoms with E-state index in [0.29, 0.717) is 31.6 Å². The Morgan fingerprint density at radius 1 is 0.827 bits per heavy atom. The maximum atomic E-state index is 12.6. The number of hydrogen-bond acceptors (Lipinski definition) is 9. The van der Waals surface area contributed by atoms with Gasteiger partial charge >= 0.3 is 11.9 Å². The highest BCUT2D eigenvalue weighted by Gasteiger charge is 2.41. The standard InChI is InChI=1S/C43H54N4O5/c1-8-11-16-39(49)51-18-14-13-15-29-25(5)34-20-32-26(6)31(23-52-40(50)17-12-9-2)37(45-32)21-33-24(4)28(10-3)36(44-33)22-35-27(7)41-38(48)19-30(42(29)46-34)43(41)47-35/h20-22,25,29,46,48H,8-19,23H2,1-7H3. The minimum absolute atomic E-state index is 0.122. The van der Waals surface area contributed by atoms with Gasteiger partial charge in [-0.05, 0) is 99.8 Å². The molecule has 2 atom stereocenters. The van der Waals surface area contributed by atoms with Gasteiger partial charge in [0.2, 0.25) is 0 Å². The van der Waals surface area contributed by atoms with Crippen molar-refractivity contribution in [2.24, 2.45) is 26.8 Å². The highest BCUT2D eigenvalue weighted by Crippen LogP contribution is 2.46. The van der Waals surface area contributed by atoms with E-state index in [9.17, 15) is 14.7 Å². The minimum Gasteiger partial charge on any atom is -0.511 e. The lowest BCUT2D eigenvalue weighted by Gasteiger charge is -2.18. The van der Waals surface area contributed by atoms with E-state index >= 15 is 0 Å². The Bertz CT molecular complexity index is 1900. The van der Waals surface area contributed by atoms with Crippen LogP contribution in [0.1, 0.15) is 119 Å². The minimum atomic E-state index is -0.201. The van der Waals surface area contributed by atoms with E-state index in [0.717, 1.165) is 136 Å². The molecule has 0 saturated carbocycles. The number of carbonyl (C=O) groups is 2. The quantitative estimate of drug-likeness (QED) is 0.137. The molecular formula is C43H54N4O5. The molecule has 0 aromatic rings. The summed E-state index contributed by atoms with van der Waals surface area (Å²) >= 11 is 0. The Kier molecular flexibility index (Phi) is 11.5. The lowest BCUT2D eigenvalue weighted by molar-refractivity contribution is -0.144. The number of esters is 2. The number of nitrogens with zero attached hydrogens (tertiary/aromatic N) is 3. The highest BCUT2D eigenvalue weighted by atomic mass is 16.5. The molecule has 2 N–H and O–H groups in total. The van der Waals surface area contributed by atoms with Gasteiger partial charge < -0.3 is 19.9 Å². The van der Waals surface area contributed by atoms with E-state index < -0.39 is 0 Å². The first-order chi connectivity index (χ1) is 25.1. The molecule has 5 heterocycles. The topological polar surface area (TPSA) is 122 Å². The smallest absolute Gasteiger partial charge is 0.306 e. The number of fused-ring (bicyclic) bond motifs is 5. The Morgan fingerprint density at radius 3 is 2.17 bits per heavy atom. The number of ether oxygens (including phenoxy) is 2. The number of carbonyl (C=O) groups excluding carboxylic acids is 2. The lowest BCUT2D eigenvalue weighted by atomic mass is 9.85. The molecule has 6 rings (SSSR count). The van der Waals surface area contributed by atoms with Gasteiger partial charge in [-0.3, -0.25) is 9.59 Å². The molecular weight excluding hydrogens is 652 g/mol. The van der Waals surface area contributed by atoms with E-state index in [1.54, 1.807) is 0 Å². The van der Waals surface area contributed by atoms with Crippen LogP contribution in [-0.4, -0.2) is 47.4 Å². The molecule has 2 unspecified atom stereocenters. The predicted molar refractivity (Wildman–Crippen MR) is 207 cm³/mol. The van der Waals surface area contributed by atoms with Gasteiger partial charge in [-0.1, -0.05) is 40.5 Å². The Hall–Kier alpha value is -4.53. The summed E-state index contributed by atoms with van der Waals surface area (Å²) in [6, 6.07) is 0. The van der Waals surface area contributed by atoms with Crippen molar-refractivity contribution in [1.29, 1.82) is 0 Å². The van der Waals surface area contributed by atoms with Gasteiger partial charge in [0.15, 0.2) is 0 Å². The van der Waals surface area contributed by atoms with Crippen LogP contribution in [0.15, 0.2) is 106 Å². The number of aliphatic hydroxyl groups excluding tert-OH is 1. The molecule has 5 aliphatic heterocycles. The van der Waals surface area contributed by atoms with E-state index in [-0.39, 0.29) is 30.4 Å². The average molecular weight is 707 g/mol. The van der Waals surface area contributed by atoms with Crippen molar-refractivity contribution in [2.75, 3.05) is 13.2 Å². The van der Waals surface area contributed by atoms with Crippen molar-refractivity contribution in [3.63, 3.8) is 0 Å². The number of aliphatic imine (C=N–C) groups is 3. The Morgan fingerprint density at radius 2 is 1.48 bits per heavy atom. The fraction of sp³-hybridized carbons (Fsp3) is 0.512. The van der Waals surface area contributed by atoms with Crippen molar-refractivity contribution >= 4 is 29.1 Å². The Balaban J connectivity index is 1.41. The second-order valence-electron chi connectivity index (χ2n) is 14.7. The molecule has 0 amide bonds. The van der Waals surface area contributed by atoms with Gasteiger partial charge in [-0.25, -0.2) is 15.0 Å². The zero-order valence-electron chi connectivity index (χ0n) is 32.0. The van der Waals surface area contributed by atoms with Crippen LogP contribution in [0.5, 0.6) is 0 Å². The number of rotatable bonds is 14. The van der Waals surface area contributed by atoms with Crippen molar-refractivity contribution in [3.8, 4) is 0 Å². The highest BCUT2D eigenvalue weighted by molar-refractivity contribution is 6.21. The van der Waals surface area contributed by atoms with Gasteiger partial charge in [-0.2, -0.15) is 0 Å². The Labute approximate surface area is 308 Å². The summed E-state index contributed by atoms with van der Waals surface area (Å²) < 4.78 is 11.3. The molecule has 9 heteroatoms. The maximum absolute atomic E-state index is 12.6. The predicted octanol–water partition coefficient (Wildman–Crippen LogP) is 9.30. The third-order valence-corrected chi connectivity index (χ3v) is 11.2. The third kappa shape index (κ3) is 7.37. The van der Waals surface area contributed by atoms with Gasteiger partial charge in [0.25, 0.3) is 0 Å². The van der Waals surface area contributed by atoms with Crippen LogP contribution in [0.3, 0.4) is 0 Å². The van der Waals surface area contributed by atoms with Crippen LogP contribution in [-0.2, 0) is 19.1 Å². The van der Waals surface area contributed by atoms with Gasteiger partial charge in [-0.15, -0.1) is 0 Å². The van der Waals surface area contributed by atoms with Crippen LogP contribution in [0.25, 0.3) is 0 Å². The summed E-state index contributed by atoms with van der Waals surface area (Å²) in [7, 11) is 0. The molecule has 0 aromatic heterocycles. The number of nitrogens with one attached hydrogen (secondary N) is 1. The summed E-state index contributed by atoms with van der Waals surface area (Å²) in [6.45, 7) is 15.3. The monoisotopic (exact) mass is 706 g/mol. The number of allylic oxidation sites excluding steroid dienone is 11. The first-order valence-corrected chi connectivity index (χ1v) is 19.3. The second-order valence-corrected chi connectivity index (χ2v) is 14.7. The molecule has 9 nitrogen and oxygen atoms in total. The van der Waals surface area contributed by atoms with E-state index in [4.69, 9.17) is 24.5 Å². The fourth-order valence-corrected chi connectivity index (χ4v) is 7.93. The summed E-state index contributed by atoms with van der Waals surface area (Å²) in [5.74, 6) is 0.298. The summed E-state index contributed by atoms with van der Waals surface area (Å²) in [6.07, 6.45) is 14.4. The number of hydrogen-bond donors (Lipinski definition) is 2. The zero-order chi connectivity index (χ0) is 37.1. The van der Waals surface area contributed by atoms with Gasteiger partial charge in [0.05, 0.1) is 40.8 Å². The largest absolute Gasteiger partial charge is 0.511 e. The molecule has 0 spiro atoms. The molecule has 0 radical (unpaired) electrons. The van der Waals surface area contributed by atoms with Gasteiger partial charge in [0, 0.05) is 59.2 Å². The van der Waals surface area contributed by atoms with Gasteiger partial charge in [0.1, 0.15) is 12.4 Å². The number of aliphatic hydroxyl groups is 1. The van der Waals surface area contributed by atoms with Crippen molar-refractivity contribution < 1.29 is 24.2 Å². The zero-order valence-corrected chi connectivity index (χ0v) is 32.0. The second kappa shape index (κ2) is 16.0. The molecule has 6 aliphatic rings. The number of unbranched alkanes of at least 4 members (excludes halogenated alkanes) is 3. The average Bonchev–Trinajstić information content (AvgIpc) is 3.88. The van der Waals surface area contributed by atoms with E-state index in [1.165, 1.54) is 0 Å². The molecule has 1 aliphatic carbocycles. The van der Waals surface area contributed by atoms with Crippen molar-refractivity contribution in [3.05, 3.63) is 91.5 Å². The SMILES string of the molecule is CCCCC(=O)OCCCCC1C2=C3CC(O)=C4C3=NC(=C4C)C=C3N=C(C=C4N=C(C=C(N2)C1C)C(C)=C4COC(=O)CCCC)C(C)=C3CC. The molecule has 1 saturated heterocycles.